The molecule has 0 aliphatic heterocycles. The lowest BCUT2D eigenvalue weighted by Gasteiger charge is -2.14. The molecule has 0 spiro atoms. The van der Waals surface area contributed by atoms with Crippen LogP contribution in [0.3, 0.4) is 0 Å². The summed E-state index contributed by atoms with van der Waals surface area (Å²) in [7, 11) is 0. The van der Waals surface area contributed by atoms with Crippen molar-refractivity contribution >= 4 is 15.9 Å². The van der Waals surface area contributed by atoms with Crippen molar-refractivity contribution in [1.82, 2.24) is 5.32 Å². The Kier molecular flexibility index (Phi) is 6.39. The SMILES string of the molecule is C=C(Br)CNCC(O)COc1cc(C)ccc1C. The van der Waals surface area contributed by atoms with Gasteiger partial charge >= 0.3 is 0 Å². The standard InChI is InChI=1S/C14H20BrNO2/c1-10-4-5-11(2)14(6-10)18-9-13(17)8-16-7-12(3)15/h4-6,13,16-17H,3,7-9H2,1-2H3. The third-order valence-electron chi connectivity index (χ3n) is 2.47. The first-order valence-electron chi connectivity index (χ1n) is 5.91. The Morgan fingerprint density at radius 2 is 2.22 bits per heavy atom. The highest BCUT2D eigenvalue weighted by Gasteiger charge is 2.06. The minimum atomic E-state index is -0.531. The van der Waals surface area contributed by atoms with Gasteiger partial charge in [-0.25, -0.2) is 0 Å². The molecule has 1 atom stereocenters. The third kappa shape index (κ3) is 5.67. The van der Waals surface area contributed by atoms with E-state index in [1.54, 1.807) is 0 Å². The summed E-state index contributed by atoms with van der Waals surface area (Å²) < 4.78 is 6.48. The molecule has 4 heteroatoms. The Bertz CT molecular complexity index is 407. The Hall–Kier alpha value is -0.840. The van der Waals surface area contributed by atoms with E-state index in [1.165, 1.54) is 0 Å². The minimum Gasteiger partial charge on any atom is -0.491 e. The molecule has 1 aromatic carbocycles. The first kappa shape index (κ1) is 15.2. The van der Waals surface area contributed by atoms with Gasteiger partial charge in [-0.1, -0.05) is 34.6 Å². The lowest BCUT2D eigenvalue weighted by atomic mass is 10.1. The maximum Gasteiger partial charge on any atom is 0.122 e. The second-order valence-electron chi connectivity index (χ2n) is 4.38. The molecule has 0 heterocycles. The van der Waals surface area contributed by atoms with Crippen LogP contribution in [-0.2, 0) is 0 Å². The lowest BCUT2D eigenvalue weighted by Crippen LogP contribution is -2.32. The number of nitrogens with one attached hydrogen (secondary N) is 1. The summed E-state index contributed by atoms with van der Waals surface area (Å²) in [6.07, 6.45) is -0.531. The van der Waals surface area contributed by atoms with Gasteiger partial charge in [0.1, 0.15) is 18.5 Å². The van der Waals surface area contributed by atoms with E-state index < -0.39 is 6.10 Å². The van der Waals surface area contributed by atoms with Crippen LogP contribution >= 0.6 is 15.9 Å². The van der Waals surface area contributed by atoms with E-state index in [0.29, 0.717) is 13.1 Å². The van der Waals surface area contributed by atoms with Crippen LogP contribution in [0.4, 0.5) is 0 Å². The van der Waals surface area contributed by atoms with Gasteiger partial charge in [-0.05, 0) is 31.0 Å². The topological polar surface area (TPSA) is 41.5 Å². The van der Waals surface area contributed by atoms with Crippen LogP contribution < -0.4 is 10.1 Å². The molecule has 2 N–H and O–H groups in total. The van der Waals surface area contributed by atoms with Gasteiger partial charge in [0.05, 0.1) is 0 Å². The number of ether oxygens (including phenoxy) is 1. The van der Waals surface area contributed by atoms with Crippen LogP contribution in [0.15, 0.2) is 29.3 Å². The summed E-state index contributed by atoms with van der Waals surface area (Å²) in [5.41, 5.74) is 2.23. The molecule has 0 bridgehead atoms. The number of benzene rings is 1. The van der Waals surface area contributed by atoms with Crippen molar-refractivity contribution in [2.45, 2.75) is 20.0 Å². The summed E-state index contributed by atoms with van der Waals surface area (Å²) in [4.78, 5) is 0. The molecule has 18 heavy (non-hydrogen) atoms. The molecule has 100 valence electrons. The van der Waals surface area contributed by atoms with Gasteiger partial charge < -0.3 is 15.2 Å². The van der Waals surface area contributed by atoms with Crippen molar-refractivity contribution in [1.29, 1.82) is 0 Å². The molecule has 3 nitrogen and oxygen atoms in total. The van der Waals surface area contributed by atoms with Gasteiger partial charge in [-0.2, -0.15) is 0 Å². The molecule has 0 saturated heterocycles. The van der Waals surface area contributed by atoms with Gasteiger partial charge in [-0.15, -0.1) is 0 Å². The van der Waals surface area contributed by atoms with Crippen molar-refractivity contribution in [3.63, 3.8) is 0 Å². The van der Waals surface area contributed by atoms with E-state index >= 15 is 0 Å². The number of rotatable bonds is 7. The fraction of sp³-hybridized carbons (Fsp3) is 0.429. The van der Waals surface area contributed by atoms with E-state index in [1.807, 2.05) is 32.0 Å². The van der Waals surface area contributed by atoms with Crippen LogP contribution in [0.5, 0.6) is 5.75 Å². The second kappa shape index (κ2) is 7.56. The minimum absolute atomic E-state index is 0.284. The van der Waals surface area contributed by atoms with Gasteiger partial charge in [0.15, 0.2) is 0 Å². The number of aliphatic hydroxyl groups excluding tert-OH is 1. The zero-order chi connectivity index (χ0) is 13.5. The maximum atomic E-state index is 9.75. The summed E-state index contributed by atoms with van der Waals surface area (Å²) in [5.74, 6) is 0.832. The number of halogens is 1. The lowest BCUT2D eigenvalue weighted by molar-refractivity contribution is 0.107. The van der Waals surface area contributed by atoms with Gasteiger partial charge in [-0.3, -0.25) is 0 Å². The molecule has 0 aliphatic carbocycles. The molecule has 1 rings (SSSR count). The van der Waals surface area contributed by atoms with Crippen molar-refractivity contribution in [2.75, 3.05) is 19.7 Å². The number of aryl methyl sites for hydroxylation is 2. The van der Waals surface area contributed by atoms with E-state index in [4.69, 9.17) is 4.74 Å². The molecule has 0 radical (unpaired) electrons. The first-order chi connectivity index (χ1) is 8.49. The average molecular weight is 314 g/mol. The van der Waals surface area contributed by atoms with Crippen molar-refractivity contribution < 1.29 is 9.84 Å². The Balaban J connectivity index is 2.35. The van der Waals surface area contributed by atoms with E-state index in [0.717, 1.165) is 21.4 Å². The van der Waals surface area contributed by atoms with Crippen molar-refractivity contribution in [3.05, 3.63) is 40.4 Å². The molecular formula is C14H20BrNO2. The highest BCUT2D eigenvalue weighted by Crippen LogP contribution is 2.19. The van der Waals surface area contributed by atoms with Crippen molar-refractivity contribution in [3.8, 4) is 5.75 Å². The van der Waals surface area contributed by atoms with Crippen LogP contribution in [0.2, 0.25) is 0 Å². The van der Waals surface area contributed by atoms with Gasteiger partial charge in [0.25, 0.3) is 0 Å². The largest absolute Gasteiger partial charge is 0.491 e. The van der Waals surface area contributed by atoms with Crippen LogP contribution in [0.1, 0.15) is 11.1 Å². The number of aliphatic hydroxyl groups is 1. The predicted octanol–water partition coefficient (Wildman–Crippen LogP) is 2.54. The van der Waals surface area contributed by atoms with E-state index in [2.05, 4.69) is 27.8 Å². The first-order valence-corrected chi connectivity index (χ1v) is 6.70. The van der Waals surface area contributed by atoms with Crippen molar-refractivity contribution in [2.24, 2.45) is 0 Å². The Labute approximate surface area is 117 Å². The fourth-order valence-corrected chi connectivity index (χ4v) is 1.68. The molecule has 0 fully saturated rings. The molecule has 0 aromatic heterocycles. The Morgan fingerprint density at radius 3 is 2.89 bits per heavy atom. The van der Waals surface area contributed by atoms with Crippen LogP contribution in [-0.4, -0.2) is 30.9 Å². The van der Waals surface area contributed by atoms with Gasteiger partial charge in [0.2, 0.25) is 0 Å². The van der Waals surface area contributed by atoms with Crippen LogP contribution in [0.25, 0.3) is 0 Å². The molecule has 1 aromatic rings. The smallest absolute Gasteiger partial charge is 0.122 e. The monoisotopic (exact) mass is 313 g/mol. The molecule has 1 unspecified atom stereocenters. The van der Waals surface area contributed by atoms with E-state index in [-0.39, 0.29) is 6.61 Å². The molecular weight excluding hydrogens is 294 g/mol. The normalized spacial score (nSPS) is 12.2. The van der Waals surface area contributed by atoms with Crippen LogP contribution in [0, 0.1) is 13.8 Å². The average Bonchev–Trinajstić information content (AvgIpc) is 2.30. The highest BCUT2D eigenvalue weighted by atomic mass is 79.9. The zero-order valence-electron chi connectivity index (χ0n) is 10.9. The summed E-state index contributed by atoms with van der Waals surface area (Å²) >= 11 is 3.25. The second-order valence-corrected chi connectivity index (χ2v) is 5.50. The maximum absolute atomic E-state index is 9.75. The highest BCUT2D eigenvalue weighted by molar-refractivity contribution is 9.11. The molecule has 0 aliphatic rings. The summed E-state index contributed by atoms with van der Waals surface area (Å²) in [6.45, 7) is 9.13. The number of hydrogen-bond acceptors (Lipinski definition) is 3. The number of hydrogen-bond donors (Lipinski definition) is 2. The summed E-state index contributed by atoms with van der Waals surface area (Å²) in [6, 6.07) is 6.04. The Morgan fingerprint density at radius 1 is 1.50 bits per heavy atom. The quantitative estimate of drug-likeness (QED) is 0.813. The fourth-order valence-electron chi connectivity index (χ4n) is 1.48. The van der Waals surface area contributed by atoms with E-state index in [9.17, 15) is 5.11 Å². The molecule has 0 amide bonds. The zero-order valence-corrected chi connectivity index (χ0v) is 12.5. The third-order valence-corrected chi connectivity index (χ3v) is 2.75. The molecule has 0 saturated carbocycles. The van der Waals surface area contributed by atoms with Gasteiger partial charge in [0, 0.05) is 17.6 Å². The predicted molar refractivity (Wildman–Crippen MR) is 78.4 cm³/mol. The summed E-state index contributed by atoms with van der Waals surface area (Å²) in [5, 5.41) is 12.8.